The summed E-state index contributed by atoms with van der Waals surface area (Å²) in [7, 11) is 5.04. The first-order valence-corrected chi connectivity index (χ1v) is 9.11. The molecule has 0 bridgehead atoms. The molecule has 0 amide bonds. The second-order valence-corrected chi connectivity index (χ2v) is 6.65. The van der Waals surface area contributed by atoms with Gasteiger partial charge in [-0.15, -0.1) is 0 Å². The summed E-state index contributed by atoms with van der Waals surface area (Å²) in [4.78, 5) is 9.38. The number of pyridine rings is 1. The Morgan fingerprint density at radius 3 is 2.44 bits per heavy atom. The Kier molecular flexibility index (Phi) is 5.65. The van der Waals surface area contributed by atoms with Crippen LogP contribution in [0.3, 0.4) is 0 Å². The first-order valence-electron chi connectivity index (χ1n) is 9.11. The fourth-order valence-corrected chi connectivity index (χ4v) is 3.53. The molecule has 0 aliphatic carbocycles. The topological polar surface area (TPSA) is 58.4 Å². The number of imidazole rings is 1. The quantitative estimate of drug-likeness (QED) is 0.620. The zero-order valence-electron chi connectivity index (χ0n) is 16.9. The number of nitrogens with zero attached hydrogens (tertiary/aromatic N) is 3. The molecule has 2 aromatic heterocycles. The van der Waals surface area contributed by atoms with Crippen molar-refractivity contribution >= 4 is 11.2 Å². The van der Waals surface area contributed by atoms with Gasteiger partial charge in [0.2, 0.25) is 0 Å². The van der Waals surface area contributed by atoms with Crippen LogP contribution in [0.4, 0.5) is 0 Å². The molecule has 6 nitrogen and oxygen atoms in total. The summed E-state index contributed by atoms with van der Waals surface area (Å²) in [6.45, 7) is 6.82. The van der Waals surface area contributed by atoms with Crippen molar-refractivity contribution in [2.75, 3.05) is 27.9 Å². The third-order valence-corrected chi connectivity index (χ3v) is 4.96. The molecule has 6 heteroatoms. The number of methoxy groups -OCH3 is 3. The lowest BCUT2D eigenvalue weighted by Crippen LogP contribution is -2.15. The van der Waals surface area contributed by atoms with Gasteiger partial charge < -0.3 is 14.2 Å². The van der Waals surface area contributed by atoms with E-state index < -0.39 is 0 Å². The second kappa shape index (κ2) is 7.96. The maximum absolute atomic E-state index is 5.58. The predicted molar refractivity (Wildman–Crippen MR) is 107 cm³/mol. The number of hydrogen-bond acceptors (Lipinski definition) is 5. The van der Waals surface area contributed by atoms with Crippen molar-refractivity contribution in [1.82, 2.24) is 14.5 Å². The Hall–Kier alpha value is -2.60. The van der Waals surface area contributed by atoms with Gasteiger partial charge in [0.25, 0.3) is 6.01 Å². The van der Waals surface area contributed by atoms with Crippen LogP contribution in [-0.4, -0.2) is 42.5 Å². The average molecular weight is 369 g/mol. The van der Waals surface area contributed by atoms with Crippen molar-refractivity contribution < 1.29 is 14.2 Å². The summed E-state index contributed by atoms with van der Waals surface area (Å²) in [5.41, 5.74) is 6.00. The summed E-state index contributed by atoms with van der Waals surface area (Å²) < 4.78 is 18.5. The molecule has 0 N–H and O–H groups in total. The second-order valence-electron chi connectivity index (χ2n) is 6.65. The van der Waals surface area contributed by atoms with E-state index in [1.807, 2.05) is 23.8 Å². The van der Waals surface area contributed by atoms with Crippen LogP contribution in [0.15, 0.2) is 24.4 Å². The number of rotatable bonds is 7. The molecular weight excluding hydrogens is 342 g/mol. The molecule has 0 fully saturated rings. The van der Waals surface area contributed by atoms with Crippen molar-refractivity contribution in [3.05, 3.63) is 35.5 Å². The Bertz CT molecular complexity index is 949. The molecule has 3 aromatic rings. The molecule has 1 aromatic carbocycles. The molecule has 0 aliphatic rings. The lowest BCUT2D eigenvalue weighted by Gasteiger charge is -2.18. The SMILES string of the molecule is CCC(COC)n1c(OC)nc2c(-c3cc(C)c(OC)cc3C)ccnc21. The Morgan fingerprint density at radius 1 is 1.04 bits per heavy atom. The van der Waals surface area contributed by atoms with Gasteiger partial charge in [0.05, 0.1) is 26.9 Å². The largest absolute Gasteiger partial charge is 0.496 e. The lowest BCUT2D eigenvalue weighted by molar-refractivity contribution is 0.149. The minimum absolute atomic E-state index is 0.108. The van der Waals surface area contributed by atoms with Gasteiger partial charge in [-0.1, -0.05) is 6.92 Å². The van der Waals surface area contributed by atoms with E-state index in [0.29, 0.717) is 12.6 Å². The molecule has 0 spiro atoms. The first-order chi connectivity index (χ1) is 13.0. The van der Waals surface area contributed by atoms with Crippen LogP contribution >= 0.6 is 0 Å². The third-order valence-electron chi connectivity index (χ3n) is 4.96. The highest BCUT2D eigenvalue weighted by Crippen LogP contribution is 2.36. The number of ether oxygens (including phenoxy) is 3. The summed E-state index contributed by atoms with van der Waals surface area (Å²) in [6.07, 6.45) is 2.72. The summed E-state index contributed by atoms with van der Waals surface area (Å²) >= 11 is 0. The van der Waals surface area contributed by atoms with E-state index in [-0.39, 0.29) is 6.04 Å². The third kappa shape index (κ3) is 3.37. The maximum Gasteiger partial charge on any atom is 0.298 e. The van der Waals surface area contributed by atoms with E-state index in [2.05, 4.69) is 31.0 Å². The van der Waals surface area contributed by atoms with Crippen LogP contribution < -0.4 is 9.47 Å². The van der Waals surface area contributed by atoms with Crippen molar-refractivity contribution in [2.45, 2.75) is 33.2 Å². The molecular formula is C21H27N3O3. The monoisotopic (exact) mass is 369 g/mol. The highest BCUT2D eigenvalue weighted by molar-refractivity contribution is 5.92. The molecule has 1 atom stereocenters. The average Bonchev–Trinajstić information content (AvgIpc) is 3.06. The summed E-state index contributed by atoms with van der Waals surface area (Å²) in [6, 6.07) is 6.87. The van der Waals surface area contributed by atoms with E-state index in [1.165, 1.54) is 0 Å². The number of fused-ring (bicyclic) bond motifs is 1. The van der Waals surface area contributed by atoms with Crippen molar-refractivity contribution in [3.63, 3.8) is 0 Å². The Morgan fingerprint density at radius 2 is 1.81 bits per heavy atom. The molecule has 0 saturated heterocycles. The van der Waals surface area contributed by atoms with Gasteiger partial charge in [0, 0.05) is 18.9 Å². The molecule has 144 valence electrons. The molecule has 27 heavy (non-hydrogen) atoms. The minimum Gasteiger partial charge on any atom is -0.496 e. The molecule has 2 heterocycles. The predicted octanol–water partition coefficient (Wildman–Crippen LogP) is 4.33. The van der Waals surface area contributed by atoms with Gasteiger partial charge in [0.15, 0.2) is 5.65 Å². The first kappa shape index (κ1) is 19.2. The van der Waals surface area contributed by atoms with Crippen molar-refractivity contribution in [1.29, 1.82) is 0 Å². The Balaban J connectivity index is 2.25. The van der Waals surface area contributed by atoms with E-state index in [9.17, 15) is 0 Å². The number of benzene rings is 1. The van der Waals surface area contributed by atoms with Crippen molar-refractivity contribution in [2.24, 2.45) is 0 Å². The number of aromatic nitrogens is 3. The Labute approximate surface area is 160 Å². The lowest BCUT2D eigenvalue weighted by atomic mass is 9.98. The van der Waals surface area contributed by atoms with E-state index >= 15 is 0 Å². The van der Waals surface area contributed by atoms with Gasteiger partial charge >= 0.3 is 0 Å². The van der Waals surface area contributed by atoms with E-state index in [0.717, 1.165) is 45.6 Å². The van der Waals surface area contributed by atoms with Gasteiger partial charge in [-0.3, -0.25) is 4.57 Å². The summed E-state index contributed by atoms with van der Waals surface area (Å²) in [5, 5.41) is 0. The van der Waals surface area contributed by atoms with Gasteiger partial charge in [-0.2, -0.15) is 4.98 Å². The molecule has 0 saturated carbocycles. The van der Waals surface area contributed by atoms with E-state index in [1.54, 1.807) is 21.3 Å². The molecule has 0 aliphatic heterocycles. The zero-order valence-corrected chi connectivity index (χ0v) is 16.9. The summed E-state index contributed by atoms with van der Waals surface area (Å²) in [5.74, 6) is 0.885. The fraction of sp³-hybridized carbons (Fsp3) is 0.429. The maximum atomic E-state index is 5.58. The number of hydrogen-bond donors (Lipinski definition) is 0. The highest BCUT2D eigenvalue weighted by atomic mass is 16.5. The van der Waals surface area contributed by atoms with Crippen LogP contribution in [0, 0.1) is 13.8 Å². The van der Waals surface area contributed by atoms with Crippen LogP contribution in [0.1, 0.15) is 30.5 Å². The van der Waals surface area contributed by atoms with Crippen LogP contribution in [0.2, 0.25) is 0 Å². The standard InChI is InChI=1S/C21H27N3O3/c1-7-15(12-25-4)24-20-19(23-21(24)27-6)16(8-9-22-20)17-10-14(3)18(26-5)11-13(17)2/h8-11,15H,7,12H2,1-6H3. The molecule has 1 unspecified atom stereocenters. The van der Waals surface area contributed by atoms with Gasteiger partial charge in [-0.25, -0.2) is 4.98 Å². The molecule has 0 radical (unpaired) electrons. The zero-order chi connectivity index (χ0) is 19.6. The van der Waals surface area contributed by atoms with Gasteiger partial charge in [-0.05, 0) is 55.2 Å². The normalized spacial score (nSPS) is 12.4. The smallest absolute Gasteiger partial charge is 0.298 e. The highest BCUT2D eigenvalue weighted by Gasteiger charge is 2.22. The number of aryl methyl sites for hydroxylation is 2. The minimum atomic E-state index is 0.108. The molecule has 3 rings (SSSR count). The van der Waals surface area contributed by atoms with Crippen molar-refractivity contribution in [3.8, 4) is 22.9 Å². The van der Waals surface area contributed by atoms with Crippen LogP contribution in [0.5, 0.6) is 11.8 Å². The fourth-order valence-electron chi connectivity index (χ4n) is 3.53. The van der Waals surface area contributed by atoms with Gasteiger partial charge in [0.1, 0.15) is 11.3 Å². The van der Waals surface area contributed by atoms with E-state index in [4.69, 9.17) is 19.2 Å². The van der Waals surface area contributed by atoms with Crippen LogP contribution in [0.25, 0.3) is 22.3 Å². The van der Waals surface area contributed by atoms with Crippen LogP contribution in [-0.2, 0) is 4.74 Å².